The van der Waals surface area contributed by atoms with E-state index in [9.17, 15) is 4.79 Å². The lowest BCUT2D eigenvalue weighted by atomic mass is 10.4. The van der Waals surface area contributed by atoms with Gasteiger partial charge >= 0.3 is 5.76 Å². The Morgan fingerprint density at radius 2 is 2.56 bits per heavy atom. The van der Waals surface area contributed by atoms with Crippen molar-refractivity contribution >= 4 is 6.08 Å². The van der Waals surface area contributed by atoms with Crippen LogP contribution in [0.2, 0.25) is 0 Å². The molecule has 0 atom stereocenters. The average molecular weight is 125 g/mol. The van der Waals surface area contributed by atoms with Gasteiger partial charge in [0.1, 0.15) is 6.26 Å². The SMILES string of the molecule is CC=Cc1coc(=O)[nH]1. The Kier molecular flexibility index (Phi) is 1.53. The van der Waals surface area contributed by atoms with Crippen LogP contribution in [0.4, 0.5) is 0 Å². The van der Waals surface area contributed by atoms with Crippen molar-refractivity contribution in [2.45, 2.75) is 6.92 Å². The lowest BCUT2D eigenvalue weighted by molar-refractivity contribution is 0.515. The summed E-state index contributed by atoms with van der Waals surface area (Å²) in [6.07, 6.45) is 4.95. The number of rotatable bonds is 1. The van der Waals surface area contributed by atoms with E-state index in [1.54, 1.807) is 6.08 Å². The third-order valence-electron chi connectivity index (χ3n) is 0.886. The number of aromatic nitrogens is 1. The van der Waals surface area contributed by atoms with Crippen molar-refractivity contribution in [1.82, 2.24) is 4.98 Å². The number of H-pyrrole nitrogens is 1. The summed E-state index contributed by atoms with van der Waals surface area (Å²) in [5.41, 5.74) is 0.697. The molecule has 1 heterocycles. The fourth-order valence-corrected chi connectivity index (χ4v) is 0.554. The summed E-state index contributed by atoms with van der Waals surface area (Å²) >= 11 is 0. The van der Waals surface area contributed by atoms with Gasteiger partial charge in [0.2, 0.25) is 0 Å². The number of aromatic amines is 1. The number of nitrogens with one attached hydrogen (secondary N) is 1. The number of allylic oxidation sites excluding steroid dienone is 1. The van der Waals surface area contributed by atoms with Crippen molar-refractivity contribution in [1.29, 1.82) is 0 Å². The Bertz CT molecular complexity index is 256. The van der Waals surface area contributed by atoms with Gasteiger partial charge in [0.15, 0.2) is 0 Å². The van der Waals surface area contributed by atoms with Crippen LogP contribution < -0.4 is 5.76 Å². The molecule has 0 radical (unpaired) electrons. The zero-order valence-corrected chi connectivity index (χ0v) is 5.05. The molecule has 48 valence electrons. The molecule has 1 rings (SSSR count). The maximum absolute atomic E-state index is 10.3. The van der Waals surface area contributed by atoms with Crippen molar-refractivity contribution in [2.75, 3.05) is 0 Å². The molecule has 0 aliphatic heterocycles. The normalized spacial score (nSPS) is 10.8. The van der Waals surface area contributed by atoms with Crippen LogP contribution in [0, 0.1) is 0 Å². The largest absolute Gasteiger partial charge is 0.416 e. The molecule has 3 nitrogen and oxygen atoms in total. The van der Waals surface area contributed by atoms with Crippen LogP contribution >= 0.6 is 0 Å². The van der Waals surface area contributed by atoms with E-state index in [4.69, 9.17) is 0 Å². The molecule has 0 spiro atoms. The van der Waals surface area contributed by atoms with Gasteiger partial charge in [-0.15, -0.1) is 0 Å². The van der Waals surface area contributed by atoms with Gasteiger partial charge in [0.25, 0.3) is 0 Å². The summed E-state index contributed by atoms with van der Waals surface area (Å²) in [5, 5.41) is 0. The summed E-state index contributed by atoms with van der Waals surface area (Å²) in [7, 11) is 0. The highest BCUT2D eigenvalue weighted by atomic mass is 16.4. The third-order valence-corrected chi connectivity index (χ3v) is 0.886. The molecular weight excluding hydrogens is 118 g/mol. The molecular formula is C6H7NO2. The van der Waals surface area contributed by atoms with E-state index >= 15 is 0 Å². The van der Waals surface area contributed by atoms with E-state index in [1.165, 1.54) is 6.26 Å². The molecule has 1 aromatic heterocycles. The van der Waals surface area contributed by atoms with E-state index < -0.39 is 5.76 Å². The van der Waals surface area contributed by atoms with Gasteiger partial charge in [-0.3, -0.25) is 4.98 Å². The second-order valence-electron chi connectivity index (χ2n) is 1.60. The van der Waals surface area contributed by atoms with Gasteiger partial charge in [-0.2, -0.15) is 0 Å². The first-order chi connectivity index (χ1) is 4.33. The van der Waals surface area contributed by atoms with Crippen molar-refractivity contribution in [3.8, 4) is 0 Å². The van der Waals surface area contributed by atoms with Crippen LogP contribution in [-0.4, -0.2) is 4.98 Å². The third kappa shape index (κ3) is 1.32. The van der Waals surface area contributed by atoms with Crippen molar-refractivity contribution in [3.05, 3.63) is 28.6 Å². The Balaban J connectivity index is 2.98. The monoisotopic (exact) mass is 125 g/mol. The van der Waals surface area contributed by atoms with Gasteiger partial charge < -0.3 is 4.42 Å². The van der Waals surface area contributed by atoms with E-state index in [0.717, 1.165) is 0 Å². The predicted octanol–water partition coefficient (Wildman–Crippen LogP) is 1.00. The topological polar surface area (TPSA) is 46.0 Å². The van der Waals surface area contributed by atoms with E-state index in [1.807, 2.05) is 13.0 Å². The Morgan fingerprint density at radius 1 is 1.78 bits per heavy atom. The van der Waals surface area contributed by atoms with Gasteiger partial charge in [0, 0.05) is 0 Å². The van der Waals surface area contributed by atoms with Crippen LogP contribution in [0.5, 0.6) is 0 Å². The van der Waals surface area contributed by atoms with Crippen LogP contribution in [0.1, 0.15) is 12.6 Å². The molecule has 1 aromatic rings. The summed E-state index contributed by atoms with van der Waals surface area (Å²) in [4.78, 5) is 12.8. The lowest BCUT2D eigenvalue weighted by Crippen LogP contribution is -1.94. The lowest BCUT2D eigenvalue weighted by Gasteiger charge is -1.73. The van der Waals surface area contributed by atoms with Crippen LogP contribution in [0.25, 0.3) is 6.08 Å². The molecule has 0 unspecified atom stereocenters. The summed E-state index contributed by atoms with van der Waals surface area (Å²) in [6, 6.07) is 0. The predicted molar refractivity (Wildman–Crippen MR) is 34.0 cm³/mol. The molecule has 0 amide bonds. The highest BCUT2D eigenvalue weighted by Crippen LogP contribution is 1.91. The van der Waals surface area contributed by atoms with Crippen LogP contribution in [0.3, 0.4) is 0 Å². The minimum Gasteiger partial charge on any atom is -0.416 e. The average Bonchev–Trinajstić information content (AvgIpc) is 2.17. The van der Waals surface area contributed by atoms with Crippen LogP contribution in [-0.2, 0) is 0 Å². The highest BCUT2D eigenvalue weighted by Gasteiger charge is 1.88. The van der Waals surface area contributed by atoms with E-state index in [0.29, 0.717) is 5.69 Å². The van der Waals surface area contributed by atoms with E-state index in [-0.39, 0.29) is 0 Å². The highest BCUT2D eigenvalue weighted by molar-refractivity contribution is 5.41. The molecule has 1 N–H and O–H groups in total. The maximum atomic E-state index is 10.3. The van der Waals surface area contributed by atoms with Crippen molar-refractivity contribution < 1.29 is 4.42 Å². The molecule has 0 fully saturated rings. The van der Waals surface area contributed by atoms with Gasteiger partial charge in [0.05, 0.1) is 5.69 Å². The van der Waals surface area contributed by atoms with Gasteiger partial charge in [-0.05, 0) is 13.0 Å². The second kappa shape index (κ2) is 2.35. The molecule has 0 aromatic carbocycles. The Labute approximate surface area is 52.0 Å². The maximum Gasteiger partial charge on any atom is 0.416 e. The minimum absolute atomic E-state index is 0.414. The first kappa shape index (κ1) is 5.88. The Hall–Kier alpha value is -1.25. The Morgan fingerprint density at radius 3 is 3.00 bits per heavy atom. The van der Waals surface area contributed by atoms with Crippen LogP contribution in [0.15, 0.2) is 21.6 Å². The van der Waals surface area contributed by atoms with Crippen molar-refractivity contribution in [3.63, 3.8) is 0 Å². The molecule has 0 bridgehead atoms. The molecule has 0 saturated carbocycles. The first-order valence-electron chi connectivity index (χ1n) is 2.63. The molecule has 9 heavy (non-hydrogen) atoms. The molecule has 0 aliphatic rings. The van der Waals surface area contributed by atoms with Gasteiger partial charge in [-0.25, -0.2) is 4.79 Å². The number of hydrogen-bond acceptors (Lipinski definition) is 2. The fraction of sp³-hybridized carbons (Fsp3) is 0.167. The van der Waals surface area contributed by atoms with E-state index in [2.05, 4.69) is 9.40 Å². The molecule has 3 heteroatoms. The number of oxazole rings is 1. The summed E-state index contributed by atoms with van der Waals surface area (Å²) < 4.78 is 4.45. The minimum atomic E-state index is -0.414. The second-order valence-corrected chi connectivity index (χ2v) is 1.60. The zero-order chi connectivity index (χ0) is 6.69. The summed E-state index contributed by atoms with van der Waals surface area (Å²) in [5.74, 6) is -0.414. The smallest absolute Gasteiger partial charge is 0.416 e. The molecule has 0 aliphatic carbocycles. The van der Waals surface area contributed by atoms with Crippen molar-refractivity contribution in [2.24, 2.45) is 0 Å². The molecule has 0 saturated heterocycles. The summed E-state index contributed by atoms with van der Waals surface area (Å²) in [6.45, 7) is 1.87. The first-order valence-corrected chi connectivity index (χ1v) is 2.63. The fourth-order valence-electron chi connectivity index (χ4n) is 0.554. The van der Waals surface area contributed by atoms with Gasteiger partial charge in [-0.1, -0.05) is 6.08 Å². The number of hydrogen-bond donors (Lipinski definition) is 1. The zero-order valence-electron chi connectivity index (χ0n) is 5.05. The standard InChI is InChI=1S/C6H7NO2/c1-2-3-5-4-9-6(8)7-5/h2-4H,1H3,(H,7,8). The quantitative estimate of drug-likeness (QED) is 0.608.